The summed E-state index contributed by atoms with van der Waals surface area (Å²) < 4.78 is 5.79. The Kier molecular flexibility index (Phi) is 47.9. The van der Waals surface area contributed by atoms with Gasteiger partial charge in [0.2, 0.25) is 5.91 Å². The van der Waals surface area contributed by atoms with Gasteiger partial charge in [0, 0.05) is 6.42 Å². The van der Waals surface area contributed by atoms with Crippen LogP contribution in [-0.2, 0) is 14.3 Å². The van der Waals surface area contributed by atoms with Crippen LogP contribution in [0.2, 0.25) is 0 Å². The summed E-state index contributed by atoms with van der Waals surface area (Å²) in [4.78, 5) is 26.1. The average molecular weight is 898 g/mol. The SMILES string of the molecule is CC/C=C\C/C=C\C/C=C\C/C=C\C/C=C\C/C=C\C(CC(=O)NC(CO)C(O)CCCCCCCCCCCCCC)OC(=O)CCC/C=C\C/C=C\C/C=C\C/C=C\C/C=C\CC. The number of ether oxygens (including phenoxy) is 1. The maximum absolute atomic E-state index is 13.2. The summed E-state index contributed by atoms with van der Waals surface area (Å²) in [5.41, 5.74) is 0. The molecule has 0 aliphatic heterocycles. The Labute approximate surface area is 399 Å². The Morgan fingerprint density at radius 1 is 0.477 bits per heavy atom. The Hall–Kier alpha value is -4.00. The minimum atomic E-state index is -0.838. The molecule has 0 spiro atoms. The zero-order valence-electron chi connectivity index (χ0n) is 41.6. The van der Waals surface area contributed by atoms with E-state index in [1.54, 1.807) is 6.08 Å². The van der Waals surface area contributed by atoms with Gasteiger partial charge in [-0.2, -0.15) is 0 Å². The smallest absolute Gasteiger partial charge is 0.306 e. The van der Waals surface area contributed by atoms with Crippen LogP contribution in [0.4, 0.5) is 0 Å². The lowest BCUT2D eigenvalue weighted by Crippen LogP contribution is -2.46. The number of nitrogens with one attached hydrogen (secondary N) is 1. The van der Waals surface area contributed by atoms with E-state index in [1.165, 1.54) is 57.8 Å². The van der Waals surface area contributed by atoms with E-state index in [1.807, 2.05) is 6.08 Å². The normalized spacial score (nSPS) is 14.4. The van der Waals surface area contributed by atoms with Crippen molar-refractivity contribution in [1.29, 1.82) is 0 Å². The summed E-state index contributed by atoms with van der Waals surface area (Å²) in [6, 6.07) is -0.764. The van der Waals surface area contributed by atoms with Gasteiger partial charge in [0.25, 0.3) is 0 Å². The number of esters is 1. The first-order valence-corrected chi connectivity index (χ1v) is 25.9. The van der Waals surface area contributed by atoms with E-state index in [4.69, 9.17) is 4.74 Å². The van der Waals surface area contributed by atoms with E-state index in [0.29, 0.717) is 19.3 Å². The van der Waals surface area contributed by atoms with Gasteiger partial charge in [0.15, 0.2) is 0 Å². The second kappa shape index (κ2) is 51.0. The summed E-state index contributed by atoms with van der Waals surface area (Å²) in [5.74, 6) is -0.714. The molecule has 366 valence electrons. The van der Waals surface area contributed by atoms with Gasteiger partial charge >= 0.3 is 5.97 Å². The van der Waals surface area contributed by atoms with Crippen LogP contribution in [0, 0.1) is 0 Å². The lowest BCUT2D eigenvalue weighted by Gasteiger charge is -2.23. The first-order chi connectivity index (χ1) is 32.0. The fourth-order valence-corrected chi connectivity index (χ4v) is 6.87. The summed E-state index contributed by atoms with van der Waals surface area (Å²) in [5, 5.41) is 23.7. The molecule has 65 heavy (non-hydrogen) atoms. The molecule has 0 fully saturated rings. The average Bonchev–Trinajstić information content (AvgIpc) is 3.30. The van der Waals surface area contributed by atoms with Gasteiger partial charge in [-0.05, 0) is 96.0 Å². The third-order valence-corrected chi connectivity index (χ3v) is 10.7. The van der Waals surface area contributed by atoms with Gasteiger partial charge in [-0.3, -0.25) is 9.59 Å². The molecule has 0 bridgehead atoms. The number of hydrogen-bond donors (Lipinski definition) is 3. The summed E-state index contributed by atoms with van der Waals surface area (Å²) in [7, 11) is 0. The van der Waals surface area contributed by atoms with E-state index in [-0.39, 0.29) is 31.3 Å². The first kappa shape index (κ1) is 61.0. The highest BCUT2D eigenvalue weighted by atomic mass is 16.5. The van der Waals surface area contributed by atoms with Crippen LogP contribution >= 0.6 is 0 Å². The minimum Gasteiger partial charge on any atom is -0.458 e. The number of unbranched alkanes of at least 4 members (excludes halogenated alkanes) is 12. The molecule has 6 nitrogen and oxygen atoms in total. The van der Waals surface area contributed by atoms with Gasteiger partial charge in [-0.1, -0.05) is 225 Å². The Morgan fingerprint density at radius 3 is 1.25 bits per heavy atom. The van der Waals surface area contributed by atoms with Crippen LogP contribution in [0.1, 0.15) is 201 Å². The number of amides is 1. The summed E-state index contributed by atoms with van der Waals surface area (Å²) in [6.07, 6.45) is 72.6. The monoisotopic (exact) mass is 898 g/mol. The van der Waals surface area contributed by atoms with E-state index in [2.05, 4.69) is 148 Å². The highest BCUT2D eigenvalue weighted by Gasteiger charge is 2.23. The molecule has 0 saturated heterocycles. The highest BCUT2D eigenvalue weighted by molar-refractivity contribution is 5.78. The van der Waals surface area contributed by atoms with Crippen molar-refractivity contribution in [3.63, 3.8) is 0 Å². The molecule has 3 unspecified atom stereocenters. The number of carbonyl (C=O) groups is 2. The van der Waals surface area contributed by atoms with Crippen LogP contribution < -0.4 is 5.32 Å². The summed E-state index contributed by atoms with van der Waals surface area (Å²) >= 11 is 0. The lowest BCUT2D eigenvalue weighted by molar-refractivity contribution is -0.148. The van der Waals surface area contributed by atoms with Crippen molar-refractivity contribution >= 4 is 11.9 Å². The molecule has 0 aromatic carbocycles. The Balaban J connectivity index is 4.90. The predicted octanol–water partition coefficient (Wildman–Crippen LogP) is 15.8. The van der Waals surface area contributed by atoms with Crippen LogP contribution in [0.15, 0.2) is 134 Å². The van der Waals surface area contributed by atoms with Crippen molar-refractivity contribution in [3.8, 4) is 0 Å². The standard InChI is InChI=1S/C59H95NO5/c1-4-7-10-13-16-19-22-25-27-29-31-33-35-38-41-44-47-50-55(65-59(64)52-49-46-43-40-37-34-32-30-28-26-23-20-17-14-11-8-5-2)53-58(63)60-56(54-61)57(62)51-48-45-42-39-36-24-21-18-15-12-9-6-3/h7-8,10-11,16-17,19-20,25-28,31-34,38,40-41,43,47,50,55-57,61-62H,4-6,9,12-15,18,21-24,29-30,35-37,39,42,44-46,48-49,51-54H2,1-3H3,(H,60,63)/b10-7-,11-8-,19-16-,20-17-,27-25-,28-26-,33-31-,34-32-,41-38-,43-40-,50-47-. The van der Waals surface area contributed by atoms with Gasteiger partial charge in [-0.15, -0.1) is 0 Å². The molecule has 3 N–H and O–H groups in total. The molecule has 0 heterocycles. The molecular weight excluding hydrogens is 803 g/mol. The molecule has 0 saturated carbocycles. The fourth-order valence-electron chi connectivity index (χ4n) is 6.87. The molecule has 1 amide bonds. The summed E-state index contributed by atoms with van der Waals surface area (Å²) in [6.45, 7) is 6.19. The predicted molar refractivity (Wildman–Crippen MR) is 282 cm³/mol. The maximum atomic E-state index is 13.2. The molecule has 0 aliphatic carbocycles. The second-order valence-electron chi connectivity index (χ2n) is 16.8. The van der Waals surface area contributed by atoms with Crippen molar-refractivity contribution in [3.05, 3.63) is 134 Å². The molecule has 0 radical (unpaired) electrons. The van der Waals surface area contributed by atoms with Crippen LogP contribution in [0.3, 0.4) is 0 Å². The van der Waals surface area contributed by atoms with Gasteiger partial charge in [0.1, 0.15) is 6.10 Å². The zero-order chi connectivity index (χ0) is 47.4. The van der Waals surface area contributed by atoms with Crippen LogP contribution in [0.25, 0.3) is 0 Å². The van der Waals surface area contributed by atoms with Crippen molar-refractivity contribution in [2.75, 3.05) is 6.61 Å². The zero-order valence-corrected chi connectivity index (χ0v) is 41.6. The van der Waals surface area contributed by atoms with E-state index >= 15 is 0 Å². The minimum absolute atomic E-state index is 0.0789. The van der Waals surface area contributed by atoms with E-state index in [0.717, 1.165) is 89.9 Å². The van der Waals surface area contributed by atoms with E-state index < -0.39 is 18.2 Å². The van der Waals surface area contributed by atoms with E-state index in [9.17, 15) is 19.8 Å². The third-order valence-electron chi connectivity index (χ3n) is 10.7. The van der Waals surface area contributed by atoms with Gasteiger partial charge in [0.05, 0.1) is 25.2 Å². The largest absolute Gasteiger partial charge is 0.458 e. The third kappa shape index (κ3) is 46.3. The second-order valence-corrected chi connectivity index (χ2v) is 16.8. The molecule has 6 heteroatoms. The number of rotatable bonds is 44. The quantitative estimate of drug-likeness (QED) is 0.0322. The molecule has 0 aromatic rings. The van der Waals surface area contributed by atoms with Crippen molar-refractivity contribution < 1.29 is 24.5 Å². The number of aliphatic hydroxyl groups excluding tert-OH is 2. The molecule has 0 aliphatic rings. The van der Waals surface area contributed by atoms with Gasteiger partial charge < -0.3 is 20.3 Å². The van der Waals surface area contributed by atoms with Gasteiger partial charge in [-0.25, -0.2) is 0 Å². The van der Waals surface area contributed by atoms with Crippen LogP contribution in [-0.4, -0.2) is 46.9 Å². The van der Waals surface area contributed by atoms with Crippen molar-refractivity contribution in [2.24, 2.45) is 0 Å². The Bertz CT molecular complexity index is 1420. The first-order valence-electron chi connectivity index (χ1n) is 25.9. The lowest BCUT2D eigenvalue weighted by atomic mass is 10.0. The molecule has 0 rings (SSSR count). The Morgan fingerprint density at radius 2 is 0.846 bits per heavy atom. The molecular formula is C59H95NO5. The molecule has 0 aromatic heterocycles. The van der Waals surface area contributed by atoms with Crippen molar-refractivity contribution in [1.82, 2.24) is 5.32 Å². The topological polar surface area (TPSA) is 95.9 Å². The van der Waals surface area contributed by atoms with Crippen LogP contribution in [0.5, 0.6) is 0 Å². The maximum Gasteiger partial charge on any atom is 0.306 e. The van der Waals surface area contributed by atoms with Crippen molar-refractivity contribution in [2.45, 2.75) is 219 Å². The number of allylic oxidation sites excluding steroid dienone is 21. The number of hydrogen-bond acceptors (Lipinski definition) is 5. The number of carbonyl (C=O) groups excluding carboxylic acids is 2. The molecule has 3 atom stereocenters. The fraction of sp³-hybridized carbons (Fsp3) is 0.593. The highest BCUT2D eigenvalue weighted by Crippen LogP contribution is 2.15. The number of aliphatic hydroxyl groups is 2.